The van der Waals surface area contributed by atoms with Crippen molar-refractivity contribution >= 4 is 19.0 Å². The maximum atomic E-state index is 7.73. The first-order chi connectivity index (χ1) is 20.3. The van der Waals surface area contributed by atoms with Crippen molar-refractivity contribution in [2.75, 3.05) is 58.9 Å². The monoisotopic (exact) mass is 582 g/mol. The number of hydrogen-bond acceptors (Lipinski definition) is 9. The van der Waals surface area contributed by atoms with E-state index in [4.69, 9.17) is 9.84 Å². The Hall–Kier alpha value is -1.39. The summed E-state index contributed by atoms with van der Waals surface area (Å²) in [5.41, 5.74) is 1.90. The fourth-order valence-corrected chi connectivity index (χ4v) is 13.5. The Morgan fingerprint density at radius 3 is 1.46 bits per heavy atom. The van der Waals surface area contributed by atoms with Crippen molar-refractivity contribution < 1.29 is 4.62 Å². The van der Waals surface area contributed by atoms with E-state index in [9.17, 15) is 0 Å². The number of para-hydroxylation sites is 1. The zero-order valence-corrected chi connectivity index (χ0v) is 25.7. The molecule has 6 aliphatic heterocycles. The van der Waals surface area contributed by atoms with Crippen molar-refractivity contribution in [3.8, 4) is 0 Å². The molecule has 0 saturated carbocycles. The highest BCUT2D eigenvalue weighted by Crippen LogP contribution is 2.72. The third-order valence-corrected chi connectivity index (χ3v) is 14.6. The Bertz CT molecular complexity index is 1090. The lowest BCUT2D eigenvalue weighted by Crippen LogP contribution is -2.59. The van der Waals surface area contributed by atoms with Gasteiger partial charge < -0.3 is 0 Å². The van der Waals surface area contributed by atoms with E-state index in [0.717, 1.165) is 30.7 Å². The minimum Gasteiger partial charge on any atom is -0.285 e. The number of benzene rings is 1. The van der Waals surface area contributed by atoms with Crippen LogP contribution in [-0.4, -0.2) is 121 Å². The number of aromatic nitrogens is 3. The van der Waals surface area contributed by atoms with Gasteiger partial charge in [0.15, 0.2) is 0 Å². The van der Waals surface area contributed by atoms with Crippen molar-refractivity contribution in [2.24, 2.45) is 0 Å². The van der Waals surface area contributed by atoms with Crippen LogP contribution in [0.15, 0.2) is 24.3 Å². The van der Waals surface area contributed by atoms with Gasteiger partial charge in [0.05, 0.1) is 0 Å². The van der Waals surface area contributed by atoms with Crippen LogP contribution in [0.5, 0.6) is 0 Å². The van der Waals surface area contributed by atoms with Gasteiger partial charge in [-0.15, -0.1) is 5.10 Å². The molecule has 1 aromatic carbocycles. The molecule has 11 heteroatoms. The lowest BCUT2D eigenvalue weighted by molar-refractivity contribution is 0.0511. The van der Waals surface area contributed by atoms with Gasteiger partial charge in [0.25, 0.3) is 0 Å². The maximum absolute atomic E-state index is 7.73. The van der Waals surface area contributed by atoms with Gasteiger partial charge in [-0.2, -0.15) is 4.62 Å². The van der Waals surface area contributed by atoms with Crippen molar-refractivity contribution in [1.82, 2.24) is 43.9 Å². The van der Waals surface area contributed by atoms with Crippen LogP contribution in [0.1, 0.15) is 77.0 Å². The van der Waals surface area contributed by atoms with E-state index in [1.165, 1.54) is 116 Å². The normalized spacial score (nSPS) is 33.1. The summed E-state index contributed by atoms with van der Waals surface area (Å²) in [5, 5.41) is 9.30. The van der Waals surface area contributed by atoms with Crippen molar-refractivity contribution in [3.05, 3.63) is 24.3 Å². The average molecular weight is 583 g/mol. The highest BCUT2D eigenvalue weighted by Gasteiger charge is 2.71. The van der Waals surface area contributed by atoms with Crippen LogP contribution in [0, 0.1) is 0 Å². The van der Waals surface area contributed by atoms with E-state index in [1.54, 1.807) is 0 Å². The number of rotatable bonds is 8. The minimum absolute atomic E-state index is 0.445. The Kier molecular flexibility index (Phi) is 7.69. The molecule has 6 saturated heterocycles. The molecule has 3 unspecified atom stereocenters. The second kappa shape index (κ2) is 11.6. The quantitative estimate of drug-likeness (QED) is 0.429. The number of likely N-dealkylation sites (tertiary alicyclic amines) is 3. The summed E-state index contributed by atoms with van der Waals surface area (Å²) < 4.78 is 16.5. The predicted octanol–water partition coefficient (Wildman–Crippen LogP) is 4.09. The second-order valence-electron chi connectivity index (χ2n) is 13.1. The summed E-state index contributed by atoms with van der Waals surface area (Å²) >= 11 is 0. The number of nitrogens with zero attached hydrogens (tertiary/aromatic N) is 9. The van der Waals surface area contributed by atoms with Crippen molar-refractivity contribution in [3.63, 3.8) is 0 Å². The van der Waals surface area contributed by atoms with Gasteiger partial charge in [-0.3, -0.25) is 14.7 Å². The summed E-state index contributed by atoms with van der Waals surface area (Å²) in [6.07, 6.45) is 16.7. The summed E-state index contributed by atoms with van der Waals surface area (Å²) in [6.45, 7) is 10.6. The molecule has 6 fully saturated rings. The Morgan fingerprint density at radius 1 is 0.561 bits per heavy atom. The first-order valence-electron chi connectivity index (χ1n) is 16.8. The molecule has 10 nitrogen and oxygen atoms in total. The molecule has 0 bridgehead atoms. The van der Waals surface area contributed by atoms with E-state index < -0.39 is 7.94 Å². The Balaban J connectivity index is 1.29. The largest absolute Gasteiger partial charge is 0.455 e. The molecule has 7 heterocycles. The third kappa shape index (κ3) is 4.73. The van der Waals surface area contributed by atoms with E-state index in [2.05, 4.69) is 58.1 Å². The Morgan fingerprint density at radius 2 is 1.00 bits per heavy atom. The zero-order valence-electron chi connectivity index (χ0n) is 24.8. The lowest BCUT2D eigenvalue weighted by Gasteiger charge is -2.48. The standard InChI is InChI=1S/C30H49N9OP/c1-2-13-27-26(12-1)31-32-39(27)40-41(36-23-9-14-28(36)33-17-3-4-18-33,37-24-10-15-29(37)34-19-5-6-20-34)38-25-11-16-30(38)35-21-7-8-22-35/h1-2,12-13,28-30H,3-11,14-25H2/q+1. The SMILES string of the molecule is c1ccc2c(c1)nnn2O[P+](N1CCCC1N1CCCC1)(N1CCCC1N1CCCC1)N1CCCC1N1CCCC1. The van der Waals surface area contributed by atoms with E-state index in [-0.39, 0.29) is 0 Å². The molecular weight excluding hydrogens is 533 g/mol. The molecule has 3 atom stereocenters. The summed E-state index contributed by atoms with van der Waals surface area (Å²) in [7, 11) is -2.52. The van der Waals surface area contributed by atoms with Gasteiger partial charge in [0.2, 0.25) is 0 Å². The third-order valence-electron chi connectivity index (χ3n) is 10.8. The van der Waals surface area contributed by atoms with Crippen LogP contribution in [0.25, 0.3) is 11.0 Å². The topological polar surface area (TPSA) is 59.4 Å². The average Bonchev–Trinajstić information content (AvgIpc) is 3.85. The first-order valence-corrected chi connectivity index (χ1v) is 18.3. The van der Waals surface area contributed by atoms with E-state index in [0.29, 0.717) is 18.5 Å². The fourth-order valence-electron chi connectivity index (χ4n) is 8.94. The van der Waals surface area contributed by atoms with Gasteiger partial charge >= 0.3 is 7.94 Å². The molecule has 0 N–H and O–H groups in total. The molecule has 1 aromatic heterocycles. The molecule has 0 spiro atoms. The molecule has 224 valence electrons. The second-order valence-corrected chi connectivity index (χ2v) is 15.9. The van der Waals surface area contributed by atoms with Crippen molar-refractivity contribution in [1.29, 1.82) is 0 Å². The lowest BCUT2D eigenvalue weighted by atomic mass is 10.3. The summed E-state index contributed by atoms with van der Waals surface area (Å²) in [5.74, 6) is 0. The van der Waals surface area contributed by atoms with Gasteiger partial charge in [0.1, 0.15) is 29.5 Å². The van der Waals surface area contributed by atoms with E-state index in [1.807, 2.05) is 4.85 Å². The van der Waals surface area contributed by atoms with E-state index >= 15 is 0 Å². The predicted molar refractivity (Wildman–Crippen MR) is 163 cm³/mol. The summed E-state index contributed by atoms with van der Waals surface area (Å²) in [4.78, 5) is 10.2. The van der Waals surface area contributed by atoms with Crippen LogP contribution in [0.3, 0.4) is 0 Å². The van der Waals surface area contributed by atoms with Crippen molar-refractivity contribution in [2.45, 2.75) is 95.5 Å². The molecule has 8 rings (SSSR count). The molecular formula is C30H49N9OP+. The summed E-state index contributed by atoms with van der Waals surface area (Å²) in [6, 6.07) is 8.36. The van der Waals surface area contributed by atoms with Gasteiger partial charge in [-0.25, -0.2) is 0 Å². The van der Waals surface area contributed by atoms with Gasteiger partial charge in [-0.05, 0) is 139 Å². The molecule has 0 amide bonds. The van der Waals surface area contributed by atoms with Crippen LogP contribution < -0.4 is 4.62 Å². The van der Waals surface area contributed by atoms with Gasteiger partial charge in [-0.1, -0.05) is 26.1 Å². The fraction of sp³-hybridized carbons (Fsp3) is 0.800. The molecule has 41 heavy (non-hydrogen) atoms. The maximum Gasteiger partial charge on any atom is 0.455 e. The van der Waals surface area contributed by atoms with Crippen LogP contribution in [-0.2, 0) is 0 Å². The highest BCUT2D eigenvalue weighted by atomic mass is 31.2. The molecule has 0 radical (unpaired) electrons. The van der Waals surface area contributed by atoms with Crippen LogP contribution >= 0.6 is 7.94 Å². The van der Waals surface area contributed by atoms with Crippen LogP contribution in [0.2, 0.25) is 0 Å². The molecule has 2 aromatic rings. The number of hydrogen-bond donors (Lipinski definition) is 0. The van der Waals surface area contributed by atoms with Gasteiger partial charge in [0, 0.05) is 19.6 Å². The molecule has 6 aliphatic rings. The minimum atomic E-state index is -2.52. The molecule has 0 aliphatic carbocycles. The van der Waals surface area contributed by atoms with Crippen LogP contribution in [0.4, 0.5) is 0 Å². The zero-order chi connectivity index (χ0) is 27.2. The number of fused-ring (bicyclic) bond motifs is 1. The first kappa shape index (κ1) is 27.2. The Labute approximate surface area is 246 Å². The smallest absolute Gasteiger partial charge is 0.285 e. The highest BCUT2D eigenvalue weighted by molar-refractivity contribution is 7.64.